The van der Waals surface area contributed by atoms with Gasteiger partial charge in [0.25, 0.3) is 11.8 Å². The highest BCUT2D eigenvalue weighted by molar-refractivity contribution is 5.96. The van der Waals surface area contributed by atoms with Gasteiger partial charge in [-0.3, -0.25) is 14.3 Å². The summed E-state index contributed by atoms with van der Waals surface area (Å²) in [5.74, 6) is -0.738. The van der Waals surface area contributed by atoms with Crippen LogP contribution in [0.3, 0.4) is 0 Å². The van der Waals surface area contributed by atoms with Crippen molar-refractivity contribution in [3.63, 3.8) is 0 Å². The average Bonchev–Trinajstić information content (AvgIpc) is 2.98. The molecule has 1 atom stereocenters. The van der Waals surface area contributed by atoms with E-state index in [1.54, 1.807) is 0 Å². The molecule has 1 aromatic rings. The molecule has 7 heteroatoms. The number of hydrogen-bond acceptors (Lipinski definition) is 4. The zero-order valence-electron chi connectivity index (χ0n) is 10.1. The summed E-state index contributed by atoms with van der Waals surface area (Å²) in [5.41, 5.74) is 5.34. The zero-order chi connectivity index (χ0) is 13.1. The van der Waals surface area contributed by atoms with E-state index in [0.717, 1.165) is 6.42 Å². The van der Waals surface area contributed by atoms with E-state index in [0.29, 0.717) is 25.7 Å². The van der Waals surface area contributed by atoms with Crippen LogP contribution in [0.5, 0.6) is 0 Å². The molecule has 2 heterocycles. The third kappa shape index (κ3) is 2.51. The standard InChI is InChI=1S/C11H15N4O3/c1-13-11(17)9-4-8(10(12)16)14-15(9)5-7-2-3-18-6-7/h7H,2-3,5-6H2,1H3,(H2,12,16)(H,13,17). The van der Waals surface area contributed by atoms with Crippen LogP contribution in [0.1, 0.15) is 27.4 Å². The van der Waals surface area contributed by atoms with Crippen molar-refractivity contribution in [2.75, 3.05) is 20.3 Å². The molecule has 7 nitrogen and oxygen atoms in total. The van der Waals surface area contributed by atoms with Gasteiger partial charge < -0.3 is 15.8 Å². The van der Waals surface area contributed by atoms with E-state index >= 15 is 0 Å². The Bertz CT molecular complexity index is 463. The first-order chi connectivity index (χ1) is 8.61. The molecule has 1 aromatic heterocycles. The van der Waals surface area contributed by atoms with Crippen molar-refractivity contribution < 1.29 is 14.3 Å². The van der Waals surface area contributed by atoms with Crippen LogP contribution in [-0.2, 0) is 11.3 Å². The molecule has 0 spiro atoms. The maximum atomic E-state index is 11.7. The molecule has 1 radical (unpaired) electrons. The highest BCUT2D eigenvalue weighted by atomic mass is 16.5. The normalized spacial score (nSPS) is 18.8. The lowest BCUT2D eigenvalue weighted by atomic mass is 10.1. The van der Waals surface area contributed by atoms with Crippen LogP contribution in [0.4, 0.5) is 0 Å². The fraction of sp³-hybridized carbons (Fsp3) is 0.545. The molecule has 18 heavy (non-hydrogen) atoms. The van der Waals surface area contributed by atoms with Crippen LogP contribution < -0.4 is 11.1 Å². The van der Waals surface area contributed by atoms with E-state index in [2.05, 4.69) is 16.5 Å². The van der Waals surface area contributed by atoms with Crippen molar-refractivity contribution in [3.05, 3.63) is 17.5 Å². The lowest BCUT2D eigenvalue weighted by Crippen LogP contribution is -2.24. The first kappa shape index (κ1) is 12.6. The fourth-order valence-electron chi connectivity index (χ4n) is 1.88. The number of hydrogen-bond donors (Lipinski definition) is 2. The minimum Gasteiger partial charge on any atom is -0.381 e. The molecular formula is C11H15N4O3. The molecule has 1 unspecified atom stereocenters. The molecule has 1 aliphatic heterocycles. The molecule has 3 N–H and O–H groups in total. The molecule has 0 bridgehead atoms. The summed E-state index contributed by atoms with van der Waals surface area (Å²) in [6.45, 7) is 1.87. The van der Waals surface area contributed by atoms with E-state index in [9.17, 15) is 9.59 Å². The van der Waals surface area contributed by atoms with E-state index < -0.39 is 5.91 Å². The van der Waals surface area contributed by atoms with Crippen molar-refractivity contribution in [2.24, 2.45) is 11.7 Å². The molecule has 1 aliphatic rings. The van der Waals surface area contributed by atoms with Gasteiger partial charge in [0.1, 0.15) is 5.69 Å². The number of aromatic nitrogens is 2. The van der Waals surface area contributed by atoms with Crippen LogP contribution in [0.15, 0.2) is 0 Å². The number of nitrogens with two attached hydrogens (primary N) is 1. The fourth-order valence-corrected chi connectivity index (χ4v) is 1.88. The van der Waals surface area contributed by atoms with Gasteiger partial charge in [-0.05, 0) is 6.42 Å². The van der Waals surface area contributed by atoms with Gasteiger partial charge in [0.05, 0.1) is 12.7 Å². The Hall–Kier alpha value is -1.89. The average molecular weight is 251 g/mol. The van der Waals surface area contributed by atoms with E-state index in [-0.39, 0.29) is 17.3 Å². The van der Waals surface area contributed by atoms with Crippen LogP contribution in [0, 0.1) is 12.0 Å². The number of nitrogens with zero attached hydrogens (tertiary/aromatic N) is 2. The first-order valence-electron chi connectivity index (χ1n) is 5.71. The molecule has 1 saturated heterocycles. The number of carbonyl (C=O) groups excluding carboxylic acids is 2. The topological polar surface area (TPSA) is 99.2 Å². The SMILES string of the molecule is CNC(=O)c1[c]c(C(N)=O)nn1CC1CCOC1. The Labute approximate surface area is 104 Å². The highest BCUT2D eigenvalue weighted by Gasteiger charge is 2.22. The lowest BCUT2D eigenvalue weighted by Gasteiger charge is -2.10. The summed E-state index contributed by atoms with van der Waals surface area (Å²) in [6, 6.07) is 2.63. The molecule has 0 aromatic carbocycles. The number of nitrogens with one attached hydrogen (secondary N) is 1. The Kier molecular flexibility index (Phi) is 3.61. The minimum atomic E-state index is -0.693. The van der Waals surface area contributed by atoms with Crippen LogP contribution in [0.2, 0.25) is 0 Å². The largest absolute Gasteiger partial charge is 0.381 e. The molecule has 1 fully saturated rings. The first-order valence-corrected chi connectivity index (χ1v) is 5.71. The molecule has 0 saturated carbocycles. The Morgan fingerprint density at radius 1 is 1.67 bits per heavy atom. The van der Waals surface area contributed by atoms with Gasteiger partial charge in [-0.15, -0.1) is 0 Å². The quantitative estimate of drug-likeness (QED) is 0.730. The van der Waals surface area contributed by atoms with Crippen molar-refractivity contribution in [2.45, 2.75) is 13.0 Å². The molecule has 2 rings (SSSR count). The van der Waals surface area contributed by atoms with Crippen molar-refractivity contribution in [1.29, 1.82) is 0 Å². The Morgan fingerprint density at radius 2 is 2.44 bits per heavy atom. The van der Waals surface area contributed by atoms with E-state index in [1.807, 2.05) is 0 Å². The third-order valence-electron chi connectivity index (χ3n) is 2.85. The highest BCUT2D eigenvalue weighted by Crippen LogP contribution is 2.16. The van der Waals surface area contributed by atoms with E-state index in [4.69, 9.17) is 10.5 Å². The van der Waals surface area contributed by atoms with Crippen molar-refractivity contribution >= 4 is 11.8 Å². The second-order valence-corrected chi connectivity index (χ2v) is 4.18. The Balaban J connectivity index is 2.24. The van der Waals surface area contributed by atoms with Gasteiger partial charge in [-0.2, -0.15) is 5.10 Å². The van der Waals surface area contributed by atoms with Gasteiger partial charge in [-0.1, -0.05) is 0 Å². The number of amides is 2. The number of primary amides is 1. The summed E-state index contributed by atoms with van der Waals surface area (Å²) in [4.78, 5) is 22.7. The summed E-state index contributed by atoms with van der Waals surface area (Å²) >= 11 is 0. The van der Waals surface area contributed by atoms with Gasteiger partial charge in [0, 0.05) is 26.1 Å². The third-order valence-corrected chi connectivity index (χ3v) is 2.85. The van der Waals surface area contributed by atoms with Gasteiger partial charge in [-0.25, -0.2) is 0 Å². The maximum Gasteiger partial charge on any atom is 0.269 e. The lowest BCUT2D eigenvalue weighted by molar-refractivity contribution is 0.0948. The number of rotatable bonds is 4. The molecule has 97 valence electrons. The molecule has 0 aliphatic carbocycles. The summed E-state index contributed by atoms with van der Waals surface area (Å²) < 4.78 is 6.74. The number of ether oxygens (including phenoxy) is 1. The smallest absolute Gasteiger partial charge is 0.269 e. The minimum absolute atomic E-state index is 0.0208. The molecular weight excluding hydrogens is 236 g/mol. The van der Waals surface area contributed by atoms with Crippen LogP contribution >= 0.6 is 0 Å². The Morgan fingerprint density at radius 3 is 3.00 bits per heavy atom. The zero-order valence-corrected chi connectivity index (χ0v) is 10.1. The van der Waals surface area contributed by atoms with E-state index in [1.165, 1.54) is 11.7 Å². The summed E-state index contributed by atoms with van der Waals surface area (Å²) in [5, 5.41) is 6.50. The van der Waals surface area contributed by atoms with Gasteiger partial charge in [0.15, 0.2) is 5.69 Å². The van der Waals surface area contributed by atoms with Crippen molar-refractivity contribution in [3.8, 4) is 0 Å². The summed E-state index contributed by atoms with van der Waals surface area (Å²) in [6.07, 6.45) is 0.916. The van der Waals surface area contributed by atoms with Crippen LogP contribution in [-0.4, -0.2) is 41.9 Å². The second kappa shape index (κ2) is 5.18. The molecule has 2 amide bonds. The van der Waals surface area contributed by atoms with Crippen LogP contribution in [0.25, 0.3) is 0 Å². The van der Waals surface area contributed by atoms with Gasteiger partial charge >= 0.3 is 0 Å². The summed E-state index contributed by atoms with van der Waals surface area (Å²) in [7, 11) is 1.51. The van der Waals surface area contributed by atoms with Crippen molar-refractivity contribution in [1.82, 2.24) is 15.1 Å². The predicted molar refractivity (Wildman–Crippen MR) is 61.9 cm³/mol. The second-order valence-electron chi connectivity index (χ2n) is 4.18. The number of carbonyl (C=O) groups is 2. The monoisotopic (exact) mass is 251 g/mol. The van der Waals surface area contributed by atoms with Gasteiger partial charge in [0.2, 0.25) is 0 Å². The predicted octanol–water partition coefficient (Wildman–Crippen LogP) is -0.822. The maximum absolute atomic E-state index is 11.7.